The second-order valence-corrected chi connectivity index (χ2v) is 6.35. The molecule has 2 heterocycles. The molecule has 1 fully saturated rings. The Hall–Kier alpha value is -2.08. The largest absolute Gasteiger partial charge is 0.493 e. The van der Waals surface area contributed by atoms with Crippen molar-refractivity contribution < 1.29 is 9.53 Å². The molecule has 3 rings (SSSR count). The topological polar surface area (TPSA) is 54.5 Å². The maximum atomic E-state index is 12.5. The number of para-hydroxylation sites is 1. The minimum atomic E-state index is -0.0539. The number of piperidine rings is 1. The molecule has 1 saturated heterocycles. The van der Waals surface area contributed by atoms with Crippen LogP contribution in [0.3, 0.4) is 0 Å². The van der Waals surface area contributed by atoms with Crippen LogP contribution in [-0.2, 0) is 0 Å². The molecule has 0 radical (unpaired) electrons. The number of aromatic nitrogens is 1. The number of thiazole rings is 1. The molecular formula is C17H21N3O2S. The maximum absolute atomic E-state index is 12.5. The number of nitrogens with one attached hydrogen (secondary N) is 1. The van der Waals surface area contributed by atoms with Crippen molar-refractivity contribution in [1.82, 2.24) is 10.3 Å². The Morgan fingerprint density at radius 1 is 1.39 bits per heavy atom. The van der Waals surface area contributed by atoms with E-state index in [1.807, 2.05) is 42.8 Å². The Morgan fingerprint density at radius 2 is 2.17 bits per heavy atom. The predicted octanol–water partition coefficient (Wildman–Crippen LogP) is 2.94. The molecule has 0 bridgehead atoms. The lowest BCUT2D eigenvalue weighted by Gasteiger charge is -2.32. The van der Waals surface area contributed by atoms with Crippen molar-refractivity contribution >= 4 is 22.4 Å². The Labute approximate surface area is 140 Å². The number of hydrogen-bond donors (Lipinski definition) is 1. The molecule has 1 aromatic heterocycles. The minimum absolute atomic E-state index is 0.0539. The van der Waals surface area contributed by atoms with Crippen LogP contribution in [0.2, 0.25) is 0 Å². The van der Waals surface area contributed by atoms with Crippen LogP contribution >= 0.6 is 11.3 Å². The van der Waals surface area contributed by atoms with Crippen molar-refractivity contribution in [3.05, 3.63) is 41.4 Å². The van der Waals surface area contributed by atoms with Crippen LogP contribution in [0.25, 0.3) is 0 Å². The highest BCUT2D eigenvalue weighted by Gasteiger charge is 2.23. The molecule has 1 aliphatic heterocycles. The zero-order valence-corrected chi connectivity index (χ0v) is 14.0. The van der Waals surface area contributed by atoms with Gasteiger partial charge in [-0.15, -0.1) is 11.3 Å². The number of hydrogen-bond acceptors (Lipinski definition) is 5. The van der Waals surface area contributed by atoms with Crippen molar-refractivity contribution in [2.45, 2.75) is 25.8 Å². The first-order chi connectivity index (χ1) is 11.3. The summed E-state index contributed by atoms with van der Waals surface area (Å²) in [5, 5.41) is 6.20. The Kier molecular flexibility index (Phi) is 5.12. The molecule has 6 heteroatoms. The van der Waals surface area contributed by atoms with E-state index in [2.05, 4.69) is 15.2 Å². The second kappa shape index (κ2) is 7.46. The number of ether oxygens (including phenoxy) is 1. The SMILES string of the molecule is CCOc1ccccc1C(=O)NC1CCN(c2nccs2)CC1. The minimum Gasteiger partial charge on any atom is -0.493 e. The van der Waals surface area contributed by atoms with E-state index in [9.17, 15) is 4.79 Å². The number of carbonyl (C=O) groups excluding carboxylic acids is 1. The van der Waals surface area contributed by atoms with Gasteiger partial charge >= 0.3 is 0 Å². The molecule has 0 aliphatic carbocycles. The van der Waals surface area contributed by atoms with E-state index >= 15 is 0 Å². The highest BCUT2D eigenvalue weighted by atomic mass is 32.1. The van der Waals surface area contributed by atoms with E-state index in [1.165, 1.54) is 0 Å². The number of amides is 1. The molecule has 1 amide bonds. The van der Waals surface area contributed by atoms with Crippen LogP contribution in [-0.4, -0.2) is 36.6 Å². The third kappa shape index (κ3) is 3.82. The molecule has 0 saturated carbocycles. The molecule has 2 aromatic rings. The van der Waals surface area contributed by atoms with E-state index in [0.717, 1.165) is 31.1 Å². The number of nitrogens with zero attached hydrogens (tertiary/aromatic N) is 2. The summed E-state index contributed by atoms with van der Waals surface area (Å²) in [6.07, 6.45) is 3.70. The summed E-state index contributed by atoms with van der Waals surface area (Å²) >= 11 is 1.66. The first-order valence-corrected chi connectivity index (χ1v) is 8.83. The summed E-state index contributed by atoms with van der Waals surface area (Å²) in [5.41, 5.74) is 0.608. The summed E-state index contributed by atoms with van der Waals surface area (Å²) in [7, 11) is 0. The molecule has 0 unspecified atom stereocenters. The fourth-order valence-corrected chi connectivity index (χ4v) is 3.48. The van der Waals surface area contributed by atoms with Gasteiger partial charge in [0.2, 0.25) is 0 Å². The predicted molar refractivity (Wildman–Crippen MR) is 92.4 cm³/mol. The fourth-order valence-electron chi connectivity index (χ4n) is 2.79. The van der Waals surface area contributed by atoms with Gasteiger partial charge in [0.15, 0.2) is 5.13 Å². The van der Waals surface area contributed by atoms with Crippen LogP contribution in [0.15, 0.2) is 35.8 Å². The van der Waals surface area contributed by atoms with Gasteiger partial charge in [0.05, 0.1) is 12.2 Å². The Bertz CT molecular complexity index is 637. The molecule has 122 valence electrons. The second-order valence-electron chi connectivity index (χ2n) is 5.48. The number of rotatable bonds is 5. The molecule has 23 heavy (non-hydrogen) atoms. The van der Waals surface area contributed by atoms with Crippen molar-refractivity contribution in [2.75, 3.05) is 24.6 Å². The first-order valence-electron chi connectivity index (χ1n) is 7.95. The lowest BCUT2D eigenvalue weighted by atomic mass is 10.0. The van der Waals surface area contributed by atoms with Gasteiger partial charge in [-0.05, 0) is 31.9 Å². The van der Waals surface area contributed by atoms with E-state index in [0.29, 0.717) is 17.9 Å². The van der Waals surface area contributed by atoms with E-state index < -0.39 is 0 Å². The number of anilines is 1. The molecule has 5 nitrogen and oxygen atoms in total. The van der Waals surface area contributed by atoms with Gasteiger partial charge < -0.3 is 15.0 Å². The van der Waals surface area contributed by atoms with Crippen molar-refractivity contribution in [3.8, 4) is 5.75 Å². The van der Waals surface area contributed by atoms with Gasteiger partial charge in [-0.1, -0.05) is 12.1 Å². The molecule has 0 atom stereocenters. The van der Waals surface area contributed by atoms with Crippen LogP contribution in [0, 0.1) is 0 Å². The third-order valence-electron chi connectivity index (χ3n) is 3.95. The normalized spacial score (nSPS) is 15.4. The highest BCUT2D eigenvalue weighted by Crippen LogP contribution is 2.23. The standard InChI is InChI=1S/C17H21N3O2S/c1-2-22-15-6-4-3-5-14(15)16(21)19-13-7-10-20(11-8-13)17-18-9-12-23-17/h3-6,9,12-13H,2,7-8,10-11H2,1H3,(H,19,21). The van der Waals surface area contributed by atoms with Crippen molar-refractivity contribution in [2.24, 2.45) is 0 Å². The quantitative estimate of drug-likeness (QED) is 0.915. The molecule has 0 spiro atoms. The van der Waals surface area contributed by atoms with E-state index in [-0.39, 0.29) is 11.9 Å². The van der Waals surface area contributed by atoms with Crippen LogP contribution in [0.1, 0.15) is 30.1 Å². The third-order valence-corrected chi connectivity index (χ3v) is 4.78. The Balaban J connectivity index is 1.57. The first kappa shape index (κ1) is 15.8. The summed E-state index contributed by atoms with van der Waals surface area (Å²) in [6, 6.07) is 7.60. The highest BCUT2D eigenvalue weighted by molar-refractivity contribution is 7.13. The van der Waals surface area contributed by atoms with Gasteiger partial charge in [-0.3, -0.25) is 4.79 Å². The smallest absolute Gasteiger partial charge is 0.255 e. The van der Waals surface area contributed by atoms with E-state index in [1.54, 1.807) is 11.3 Å². The van der Waals surface area contributed by atoms with Crippen LogP contribution < -0.4 is 15.0 Å². The average molecular weight is 331 g/mol. The average Bonchev–Trinajstić information content (AvgIpc) is 3.11. The van der Waals surface area contributed by atoms with Crippen molar-refractivity contribution in [3.63, 3.8) is 0 Å². The lowest BCUT2D eigenvalue weighted by molar-refractivity contribution is 0.0927. The van der Waals surface area contributed by atoms with Gasteiger partial charge in [-0.2, -0.15) is 0 Å². The maximum Gasteiger partial charge on any atom is 0.255 e. The zero-order valence-electron chi connectivity index (χ0n) is 13.2. The fraction of sp³-hybridized carbons (Fsp3) is 0.412. The van der Waals surface area contributed by atoms with Crippen LogP contribution in [0.4, 0.5) is 5.13 Å². The molecular weight excluding hydrogens is 310 g/mol. The van der Waals surface area contributed by atoms with Crippen molar-refractivity contribution in [1.29, 1.82) is 0 Å². The summed E-state index contributed by atoms with van der Waals surface area (Å²) in [4.78, 5) is 19.1. The lowest BCUT2D eigenvalue weighted by Crippen LogP contribution is -2.44. The van der Waals surface area contributed by atoms with Gasteiger partial charge in [0.25, 0.3) is 5.91 Å². The van der Waals surface area contributed by atoms with E-state index in [4.69, 9.17) is 4.74 Å². The van der Waals surface area contributed by atoms with Gasteiger partial charge in [-0.25, -0.2) is 4.98 Å². The monoisotopic (exact) mass is 331 g/mol. The summed E-state index contributed by atoms with van der Waals surface area (Å²) in [6.45, 7) is 4.32. The summed E-state index contributed by atoms with van der Waals surface area (Å²) in [5.74, 6) is 0.592. The van der Waals surface area contributed by atoms with Gasteiger partial charge in [0, 0.05) is 30.7 Å². The molecule has 1 N–H and O–H groups in total. The molecule has 1 aliphatic rings. The molecule has 1 aromatic carbocycles. The number of carbonyl (C=O) groups is 1. The zero-order chi connectivity index (χ0) is 16.1. The van der Waals surface area contributed by atoms with Crippen LogP contribution in [0.5, 0.6) is 5.75 Å². The Morgan fingerprint density at radius 3 is 2.87 bits per heavy atom. The van der Waals surface area contributed by atoms with Gasteiger partial charge in [0.1, 0.15) is 5.75 Å². The summed E-state index contributed by atoms with van der Waals surface area (Å²) < 4.78 is 5.54. The number of benzene rings is 1.